The fourth-order valence-electron chi connectivity index (χ4n) is 3.59. The van der Waals surface area contributed by atoms with Gasteiger partial charge in [-0.3, -0.25) is 4.79 Å². The second-order valence-corrected chi connectivity index (χ2v) is 6.71. The lowest BCUT2D eigenvalue weighted by atomic mass is 9.96. The van der Waals surface area contributed by atoms with E-state index in [-0.39, 0.29) is 17.9 Å². The third-order valence-electron chi connectivity index (χ3n) is 5.03. The van der Waals surface area contributed by atoms with Crippen LogP contribution in [0.3, 0.4) is 0 Å². The molecule has 1 saturated heterocycles. The van der Waals surface area contributed by atoms with Gasteiger partial charge in [0.25, 0.3) is 11.8 Å². The summed E-state index contributed by atoms with van der Waals surface area (Å²) in [7, 11) is 0. The van der Waals surface area contributed by atoms with E-state index in [1.807, 2.05) is 6.92 Å². The van der Waals surface area contributed by atoms with Crippen molar-refractivity contribution in [3.05, 3.63) is 34.9 Å². The van der Waals surface area contributed by atoms with Crippen LogP contribution in [0.1, 0.15) is 53.7 Å². The average Bonchev–Trinajstić information content (AvgIpc) is 3.30. The Morgan fingerprint density at radius 3 is 3.08 bits per heavy atom. The van der Waals surface area contributed by atoms with Gasteiger partial charge in [0, 0.05) is 24.9 Å². The van der Waals surface area contributed by atoms with Crippen LogP contribution in [0.15, 0.2) is 10.9 Å². The van der Waals surface area contributed by atoms with E-state index >= 15 is 0 Å². The first-order chi connectivity index (χ1) is 12.7. The monoisotopic (exact) mass is 360 g/mol. The molecule has 1 fully saturated rings. The van der Waals surface area contributed by atoms with Crippen molar-refractivity contribution in [1.82, 2.24) is 20.0 Å². The number of amides is 1. The number of aryl methyl sites for hydroxylation is 2. The van der Waals surface area contributed by atoms with Gasteiger partial charge in [-0.15, -0.1) is 0 Å². The number of carbonyl (C=O) groups is 1. The highest BCUT2D eigenvalue weighted by Crippen LogP contribution is 2.27. The van der Waals surface area contributed by atoms with E-state index in [0.29, 0.717) is 37.3 Å². The summed E-state index contributed by atoms with van der Waals surface area (Å²) in [4.78, 5) is 22.3. The van der Waals surface area contributed by atoms with Crippen molar-refractivity contribution in [2.45, 2.75) is 51.6 Å². The molecule has 0 unspecified atom stereocenters. The van der Waals surface area contributed by atoms with E-state index in [9.17, 15) is 9.18 Å². The summed E-state index contributed by atoms with van der Waals surface area (Å²) >= 11 is 0. The van der Waals surface area contributed by atoms with Gasteiger partial charge in [0.2, 0.25) is 5.82 Å². The van der Waals surface area contributed by atoms with Crippen molar-refractivity contribution in [3.63, 3.8) is 0 Å². The molecule has 4 rings (SSSR count). The zero-order valence-electron chi connectivity index (χ0n) is 14.7. The van der Waals surface area contributed by atoms with E-state index in [2.05, 4.69) is 15.1 Å². The third-order valence-corrected chi connectivity index (χ3v) is 5.03. The largest absolute Gasteiger partial charge is 0.470 e. The maximum absolute atomic E-state index is 14.2. The third kappa shape index (κ3) is 3.04. The van der Waals surface area contributed by atoms with Gasteiger partial charge >= 0.3 is 0 Å². The lowest BCUT2D eigenvalue weighted by Gasteiger charge is -2.17. The molecule has 1 aliphatic heterocycles. The first kappa shape index (κ1) is 16.9. The molecular formula is C18H21FN4O3. The van der Waals surface area contributed by atoms with E-state index in [1.165, 1.54) is 6.33 Å². The Balaban J connectivity index is 1.44. The van der Waals surface area contributed by atoms with Gasteiger partial charge in [-0.1, -0.05) is 12.1 Å². The van der Waals surface area contributed by atoms with Gasteiger partial charge in [0.1, 0.15) is 18.2 Å². The zero-order valence-corrected chi connectivity index (χ0v) is 14.7. The molecule has 0 spiro atoms. The van der Waals surface area contributed by atoms with E-state index in [4.69, 9.17) is 9.26 Å². The molecule has 138 valence electrons. The smallest absolute Gasteiger partial charge is 0.276 e. The molecule has 7 nitrogen and oxygen atoms in total. The molecule has 1 atom stereocenters. The van der Waals surface area contributed by atoms with Gasteiger partial charge in [-0.25, -0.2) is 4.98 Å². The number of nitrogens with zero attached hydrogens (tertiary/aromatic N) is 4. The highest BCUT2D eigenvalue weighted by atomic mass is 19.1. The number of ether oxygens (including phenoxy) is 1. The van der Waals surface area contributed by atoms with Crippen LogP contribution in [0.25, 0.3) is 0 Å². The topological polar surface area (TPSA) is 81.4 Å². The highest BCUT2D eigenvalue weighted by Gasteiger charge is 2.33. The summed E-state index contributed by atoms with van der Waals surface area (Å²) in [6, 6.07) is 0. The fourth-order valence-corrected chi connectivity index (χ4v) is 3.59. The molecule has 0 saturated carbocycles. The lowest BCUT2D eigenvalue weighted by molar-refractivity contribution is 0.0758. The van der Waals surface area contributed by atoms with Crippen LogP contribution in [0.4, 0.5) is 4.39 Å². The van der Waals surface area contributed by atoms with E-state index < -0.39 is 5.82 Å². The second kappa shape index (κ2) is 7.01. The molecule has 2 aromatic rings. The van der Waals surface area contributed by atoms with Crippen molar-refractivity contribution in [1.29, 1.82) is 0 Å². The molecular weight excluding hydrogens is 339 g/mol. The standard InChI is InChI=1S/C18H21FN4O3/c1-2-13-15(19)17(21-10-20-13)25-11-7-8-23(9-11)18(24)16-12-5-3-4-6-14(12)26-22-16/h10-11H,2-9H2,1H3/t11-/m0/s1. The molecule has 0 bridgehead atoms. The first-order valence-electron chi connectivity index (χ1n) is 9.10. The molecule has 0 radical (unpaired) electrons. The summed E-state index contributed by atoms with van der Waals surface area (Å²) in [5, 5.41) is 4.00. The Morgan fingerprint density at radius 2 is 2.23 bits per heavy atom. The maximum Gasteiger partial charge on any atom is 0.276 e. The molecule has 1 aliphatic carbocycles. The molecule has 26 heavy (non-hydrogen) atoms. The van der Waals surface area contributed by atoms with Crippen LogP contribution in [0.5, 0.6) is 5.88 Å². The minimum absolute atomic E-state index is 0.0463. The quantitative estimate of drug-likeness (QED) is 0.832. The van der Waals surface area contributed by atoms with Crippen LogP contribution in [0.2, 0.25) is 0 Å². The van der Waals surface area contributed by atoms with Crippen molar-refractivity contribution in [2.75, 3.05) is 13.1 Å². The molecule has 3 heterocycles. The van der Waals surface area contributed by atoms with Crippen LogP contribution >= 0.6 is 0 Å². The number of hydrogen-bond donors (Lipinski definition) is 0. The Kier molecular flexibility index (Phi) is 4.57. The van der Waals surface area contributed by atoms with Crippen molar-refractivity contribution >= 4 is 5.91 Å². The molecule has 1 amide bonds. The molecule has 0 N–H and O–H groups in total. The number of fused-ring (bicyclic) bond motifs is 1. The van der Waals surface area contributed by atoms with Crippen LogP contribution in [-0.2, 0) is 19.3 Å². The first-order valence-corrected chi connectivity index (χ1v) is 9.10. The number of halogens is 1. The SMILES string of the molecule is CCc1ncnc(O[C@H]2CCN(C(=O)c3noc4c3CCCC4)C2)c1F. The molecule has 2 aliphatic rings. The predicted molar refractivity (Wildman–Crippen MR) is 89.4 cm³/mol. The van der Waals surface area contributed by atoms with Crippen LogP contribution in [0, 0.1) is 5.82 Å². The van der Waals surface area contributed by atoms with Crippen LogP contribution in [-0.4, -0.2) is 45.1 Å². The Hall–Kier alpha value is -2.51. The summed E-state index contributed by atoms with van der Waals surface area (Å²) in [5.41, 5.74) is 1.69. The summed E-state index contributed by atoms with van der Waals surface area (Å²) in [5.74, 6) is 0.127. The average molecular weight is 360 g/mol. The Bertz CT molecular complexity index is 823. The Labute approximate surface area is 150 Å². The second-order valence-electron chi connectivity index (χ2n) is 6.71. The Morgan fingerprint density at radius 1 is 1.38 bits per heavy atom. The summed E-state index contributed by atoms with van der Waals surface area (Å²) in [6.45, 7) is 2.74. The van der Waals surface area contributed by atoms with E-state index in [0.717, 1.165) is 37.0 Å². The molecule has 8 heteroatoms. The normalized spacial score (nSPS) is 19.5. The van der Waals surface area contributed by atoms with E-state index in [1.54, 1.807) is 4.90 Å². The maximum atomic E-state index is 14.2. The van der Waals surface area contributed by atoms with Gasteiger partial charge < -0.3 is 14.2 Å². The van der Waals surface area contributed by atoms with Gasteiger partial charge in [0.15, 0.2) is 5.69 Å². The lowest BCUT2D eigenvalue weighted by Crippen LogP contribution is -2.32. The summed E-state index contributed by atoms with van der Waals surface area (Å²) in [6.07, 6.45) is 5.89. The van der Waals surface area contributed by atoms with Gasteiger partial charge in [0.05, 0.1) is 12.2 Å². The number of rotatable bonds is 4. The minimum Gasteiger partial charge on any atom is -0.470 e. The highest BCUT2D eigenvalue weighted by molar-refractivity contribution is 5.94. The van der Waals surface area contributed by atoms with Gasteiger partial charge in [-0.05, 0) is 25.7 Å². The number of hydrogen-bond acceptors (Lipinski definition) is 6. The summed E-state index contributed by atoms with van der Waals surface area (Å²) < 4.78 is 25.3. The fraction of sp³-hybridized carbons (Fsp3) is 0.556. The number of carbonyl (C=O) groups excluding carboxylic acids is 1. The minimum atomic E-state index is -0.523. The van der Waals surface area contributed by atoms with Crippen molar-refractivity contribution in [2.24, 2.45) is 0 Å². The molecule has 0 aromatic carbocycles. The zero-order chi connectivity index (χ0) is 18.1. The van der Waals surface area contributed by atoms with Crippen molar-refractivity contribution < 1.29 is 18.4 Å². The number of aromatic nitrogens is 3. The van der Waals surface area contributed by atoms with Gasteiger partial charge in [-0.2, -0.15) is 9.37 Å². The van der Waals surface area contributed by atoms with Crippen molar-refractivity contribution in [3.8, 4) is 5.88 Å². The molecule has 2 aromatic heterocycles. The predicted octanol–water partition coefficient (Wildman–Crippen LogP) is 2.34. The van der Waals surface area contributed by atoms with Crippen LogP contribution < -0.4 is 4.74 Å². The number of likely N-dealkylation sites (tertiary alicyclic amines) is 1.